The van der Waals surface area contributed by atoms with Crippen molar-refractivity contribution in [2.24, 2.45) is 7.05 Å². The van der Waals surface area contributed by atoms with Crippen molar-refractivity contribution in [1.82, 2.24) is 13.9 Å². The van der Waals surface area contributed by atoms with Crippen LogP contribution in [0.1, 0.15) is 13.8 Å². The highest BCUT2D eigenvalue weighted by atomic mass is 32.2. The smallest absolute Gasteiger partial charge is 0.318 e. The Bertz CT molecular complexity index is 506. The van der Waals surface area contributed by atoms with Crippen LogP contribution in [0.15, 0.2) is 17.6 Å². The highest BCUT2D eigenvalue weighted by molar-refractivity contribution is 7.89. The van der Waals surface area contributed by atoms with E-state index < -0.39 is 28.6 Å². The van der Waals surface area contributed by atoms with E-state index in [1.165, 1.54) is 17.1 Å². The van der Waals surface area contributed by atoms with Crippen LogP contribution in [0.25, 0.3) is 0 Å². The molecule has 0 atom stereocenters. The number of nitrogens with zero attached hydrogens (tertiary/aromatic N) is 3. The van der Waals surface area contributed by atoms with Crippen molar-refractivity contribution in [2.75, 3.05) is 6.54 Å². The fraction of sp³-hybridized carbons (Fsp3) is 0.556. The molecule has 1 heterocycles. The number of imidazole rings is 1. The average molecular weight is 261 g/mol. The average Bonchev–Trinajstić information content (AvgIpc) is 2.61. The molecule has 0 aromatic carbocycles. The van der Waals surface area contributed by atoms with Crippen molar-refractivity contribution >= 4 is 16.0 Å². The first kappa shape index (κ1) is 13.7. The lowest BCUT2D eigenvalue weighted by Crippen LogP contribution is -2.40. The lowest BCUT2D eigenvalue weighted by Gasteiger charge is -2.22. The van der Waals surface area contributed by atoms with Gasteiger partial charge in [0.05, 0.1) is 6.33 Å². The standard InChI is InChI=1S/C9H15N3O4S/c1-7(2)12(5-9(13)14)17(15,16)8-4-11(3)6-10-8/h4,6-7H,5H2,1-3H3,(H,13,14). The Morgan fingerprint density at radius 1 is 1.59 bits per heavy atom. The Hall–Kier alpha value is -1.41. The maximum atomic E-state index is 12.1. The van der Waals surface area contributed by atoms with Gasteiger partial charge >= 0.3 is 5.97 Å². The molecule has 0 unspecified atom stereocenters. The molecule has 0 bridgehead atoms. The van der Waals surface area contributed by atoms with E-state index in [0.29, 0.717) is 0 Å². The quantitative estimate of drug-likeness (QED) is 0.799. The molecule has 7 nitrogen and oxygen atoms in total. The number of hydrogen-bond donors (Lipinski definition) is 1. The van der Waals surface area contributed by atoms with Gasteiger partial charge in [0.15, 0.2) is 5.03 Å². The molecule has 0 amide bonds. The van der Waals surface area contributed by atoms with Crippen LogP contribution in [-0.2, 0) is 21.9 Å². The summed E-state index contributed by atoms with van der Waals surface area (Å²) >= 11 is 0. The minimum absolute atomic E-state index is 0.144. The van der Waals surface area contributed by atoms with Gasteiger partial charge in [-0.25, -0.2) is 13.4 Å². The second-order valence-corrected chi connectivity index (χ2v) is 5.75. The van der Waals surface area contributed by atoms with Gasteiger partial charge in [-0.3, -0.25) is 4.79 Å². The Balaban J connectivity index is 3.13. The molecule has 1 aromatic heterocycles. The van der Waals surface area contributed by atoms with E-state index in [2.05, 4.69) is 4.98 Å². The van der Waals surface area contributed by atoms with Crippen LogP contribution in [0.5, 0.6) is 0 Å². The zero-order valence-electron chi connectivity index (χ0n) is 9.86. The zero-order chi connectivity index (χ0) is 13.2. The highest BCUT2D eigenvalue weighted by Crippen LogP contribution is 2.15. The van der Waals surface area contributed by atoms with Crippen molar-refractivity contribution in [3.63, 3.8) is 0 Å². The molecular formula is C9H15N3O4S. The van der Waals surface area contributed by atoms with Crippen LogP contribution in [0.3, 0.4) is 0 Å². The summed E-state index contributed by atoms with van der Waals surface area (Å²) in [6.45, 7) is 2.66. The Morgan fingerprint density at radius 2 is 2.18 bits per heavy atom. The first-order chi connectivity index (χ1) is 7.75. The highest BCUT2D eigenvalue weighted by Gasteiger charge is 2.30. The number of carbonyl (C=O) groups is 1. The van der Waals surface area contributed by atoms with E-state index in [1.54, 1.807) is 20.9 Å². The second kappa shape index (κ2) is 4.84. The zero-order valence-corrected chi connectivity index (χ0v) is 10.7. The largest absolute Gasteiger partial charge is 0.480 e. The van der Waals surface area contributed by atoms with Crippen LogP contribution < -0.4 is 0 Å². The van der Waals surface area contributed by atoms with Gasteiger partial charge in [-0.2, -0.15) is 4.31 Å². The lowest BCUT2D eigenvalue weighted by atomic mass is 10.4. The topological polar surface area (TPSA) is 92.5 Å². The number of hydrogen-bond acceptors (Lipinski definition) is 4. The summed E-state index contributed by atoms with van der Waals surface area (Å²) < 4.78 is 26.6. The number of carboxylic acid groups (broad SMARTS) is 1. The maximum absolute atomic E-state index is 12.1. The van der Waals surface area contributed by atoms with E-state index in [4.69, 9.17) is 5.11 Å². The number of sulfonamides is 1. The minimum atomic E-state index is -3.85. The number of carboxylic acids is 1. The molecule has 0 aliphatic carbocycles. The summed E-state index contributed by atoms with van der Waals surface area (Å²) in [6.07, 6.45) is 2.69. The molecule has 17 heavy (non-hydrogen) atoms. The van der Waals surface area contributed by atoms with E-state index in [-0.39, 0.29) is 5.03 Å². The van der Waals surface area contributed by atoms with Gasteiger partial charge in [0.25, 0.3) is 10.0 Å². The van der Waals surface area contributed by atoms with Gasteiger partial charge in [-0.1, -0.05) is 0 Å². The van der Waals surface area contributed by atoms with Crippen molar-refractivity contribution in [2.45, 2.75) is 24.9 Å². The monoisotopic (exact) mass is 261 g/mol. The van der Waals surface area contributed by atoms with Crippen LogP contribution in [-0.4, -0.2) is 45.9 Å². The number of aromatic nitrogens is 2. The normalized spacial score (nSPS) is 12.3. The van der Waals surface area contributed by atoms with Gasteiger partial charge in [-0.15, -0.1) is 0 Å². The molecule has 0 aliphatic rings. The summed E-state index contributed by atoms with van der Waals surface area (Å²) in [6, 6.07) is -0.446. The van der Waals surface area contributed by atoms with E-state index in [0.717, 1.165) is 4.31 Å². The minimum Gasteiger partial charge on any atom is -0.480 e. The van der Waals surface area contributed by atoms with Crippen LogP contribution in [0.2, 0.25) is 0 Å². The number of aryl methyl sites for hydroxylation is 1. The fourth-order valence-electron chi connectivity index (χ4n) is 1.32. The molecule has 1 N–H and O–H groups in total. The van der Waals surface area contributed by atoms with Crippen LogP contribution in [0, 0.1) is 0 Å². The van der Waals surface area contributed by atoms with Crippen molar-refractivity contribution < 1.29 is 18.3 Å². The molecule has 0 saturated heterocycles. The van der Waals surface area contributed by atoms with Gasteiger partial charge in [-0.05, 0) is 13.8 Å². The molecule has 1 aromatic rings. The van der Waals surface area contributed by atoms with Crippen molar-refractivity contribution in [1.29, 1.82) is 0 Å². The van der Waals surface area contributed by atoms with Gasteiger partial charge in [0, 0.05) is 19.3 Å². The first-order valence-electron chi connectivity index (χ1n) is 4.96. The summed E-state index contributed by atoms with van der Waals surface area (Å²) in [5.74, 6) is -1.20. The Morgan fingerprint density at radius 3 is 2.53 bits per heavy atom. The molecule has 0 aliphatic heterocycles. The molecule has 1 rings (SSSR count). The van der Waals surface area contributed by atoms with Crippen LogP contribution in [0.4, 0.5) is 0 Å². The van der Waals surface area contributed by atoms with Crippen molar-refractivity contribution in [3.05, 3.63) is 12.5 Å². The molecule has 0 spiro atoms. The predicted molar refractivity (Wildman–Crippen MR) is 59.9 cm³/mol. The molecule has 96 valence electrons. The second-order valence-electron chi connectivity index (χ2n) is 3.92. The van der Waals surface area contributed by atoms with E-state index >= 15 is 0 Å². The maximum Gasteiger partial charge on any atom is 0.318 e. The summed E-state index contributed by atoms with van der Waals surface area (Å²) in [5.41, 5.74) is 0. The summed E-state index contributed by atoms with van der Waals surface area (Å²) in [7, 11) is -2.21. The Labute approximate surface area is 99.7 Å². The van der Waals surface area contributed by atoms with E-state index in [1.807, 2.05) is 0 Å². The van der Waals surface area contributed by atoms with Gasteiger partial charge in [0.1, 0.15) is 6.54 Å². The molecule has 8 heteroatoms. The third kappa shape index (κ3) is 3.04. The fourth-order valence-corrected chi connectivity index (χ4v) is 2.88. The summed E-state index contributed by atoms with van der Waals surface area (Å²) in [4.78, 5) is 14.4. The van der Waals surface area contributed by atoms with E-state index in [9.17, 15) is 13.2 Å². The molecular weight excluding hydrogens is 246 g/mol. The lowest BCUT2D eigenvalue weighted by molar-refractivity contribution is -0.137. The molecule has 0 saturated carbocycles. The third-order valence-electron chi connectivity index (χ3n) is 2.12. The predicted octanol–water partition coefficient (Wildman–Crippen LogP) is -0.0962. The number of rotatable bonds is 5. The van der Waals surface area contributed by atoms with Gasteiger partial charge in [0.2, 0.25) is 0 Å². The molecule has 0 fully saturated rings. The first-order valence-corrected chi connectivity index (χ1v) is 6.40. The molecule has 0 radical (unpaired) electrons. The number of aliphatic carboxylic acids is 1. The van der Waals surface area contributed by atoms with Crippen molar-refractivity contribution in [3.8, 4) is 0 Å². The van der Waals surface area contributed by atoms with Gasteiger partial charge < -0.3 is 9.67 Å². The third-order valence-corrected chi connectivity index (χ3v) is 4.03. The Kier molecular flexibility index (Phi) is 3.89. The SMILES string of the molecule is CC(C)N(CC(=O)O)S(=O)(=O)c1cn(C)cn1. The summed E-state index contributed by atoms with van der Waals surface area (Å²) in [5, 5.41) is 8.57. The van der Waals surface area contributed by atoms with Crippen LogP contribution >= 0.6 is 0 Å².